The molecule has 178 valence electrons. The van der Waals surface area contributed by atoms with Gasteiger partial charge in [-0.1, -0.05) is 19.1 Å². The third-order valence-electron chi connectivity index (χ3n) is 5.78. The van der Waals surface area contributed by atoms with E-state index in [-0.39, 0.29) is 5.84 Å². The number of hydrogen-bond donors (Lipinski definition) is 2. The minimum Gasteiger partial charge on any atom is -0.501 e. The fourth-order valence-corrected chi connectivity index (χ4v) is 3.42. The van der Waals surface area contributed by atoms with Crippen LogP contribution in [-0.2, 0) is 9.47 Å². The molecule has 0 saturated heterocycles. The number of benzene rings is 1. The molecule has 0 heterocycles. The summed E-state index contributed by atoms with van der Waals surface area (Å²) in [6.45, 7) is 12.3. The van der Waals surface area contributed by atoms with E-state index in [0.717, 1.165) is 23.7 Å². The summed E-state index contributed by atoms with van der Waals surface area (Å²) in [7, 11) is 3.23. The number of hydrogen-bond acceptors (Lipinski definition) is 7. The lowest BCUT2D eigenvalue weighted by molar-refractivity contribution is 0.271. The number of anilines is 1. The zero-order valence-corrected chi connectivity index (χ0v) is 20.2. The molecule has 0 aromatic heterocycles. The largest absolute Gasteiger partial charge is 0.501 e. The van der Waals surface area contributed by atoms with Crippen LogP contribution in [0, 0.1) is 5.92 Å². The minimum absolute atomic E-state index is 0.175. The highest BCUT2D eigenvalue weighted by Gasteiger charge is 2.22. The van der Waals surface area contributed by atoms with Gasteiger partial charge in [0.25, 0.3) is 0 Å². The van der Waals surface area contributed by atoms with E-state index in [9.17, 15) is 0 Å². The molecule has 1 fully saturated rings. The van der Waals surface area contributed by atoms with Gasteiger partial charge in [-0.15, -0.1) is 0 Å². The number of rotatable bonds is 12. The van der Waals surface area contributed by atoms with Crippen LogP contribution in [0.25, 0.3) is 0 Å². The summed E-state index contributed by atoms with van der Waals surface area (Å²) < 4.78 is 10.6. The Morgan fingerprint density at radius 3 is 2.48 bits per heavy atom. The second-order valence-corrected chi connectivity index (χ2v) is 7.99. The summed E-state index contributed by atoms with van der Waals surface area (Å²) in [5.41, 5.74) is 9.78. The second-order valence-electron chi connectivity index (χ2n) is 7.99. The SMILES string of the molecule is C=Nc1ccc(N(CC2CCC2)/C(C)=C/C/C(=C\C(=C)OC)OC)cc1N=C(C)C(N)=NN. The average molecular weight is 453 g/mol. The Kier molecular flexibility index (Phi) is 9.72. The minimum atomic E-state index is 0.175. The van der Waals surface area contributed by atoms with Crippen molar-refractivity contribution >= 4 is 35.3 Å². The molecule has 0 bridgehead atoms. The van der Waals surface area contributed by atoms with Crippen molar-refractivity contribution in [3.05, 3.63) is 54.1 Å². The predicted octanol–water partition coefficient (Wildman–Crippen LogP) is 4.93. The Bertz CT molecular complexity index is 973. The highest BCUT2D eigenvalue weighted by atomic mass is 16.5. The first kappa shape index (κ1) is 25.7. The van der Waals surface area contributed by atoms with Gasteiger partial charge in [0.1, 0.15) is 11.5 Å². The van der Waals surface area contributed by atoms with Crippen LogP contribution in [0.15, 0.2) is 69.2 Å². The molecule has 1 aromatic rings. The van der Waals surface area contributed by atoms with E-state index in [0.29, 0.717) is 35.2 Å². The summed E-state index contributed by atoms with van der Waals surface area (Å²) in [6, 6.07) is 5.94. The van der Waals surface area contributed by atoms with Crippen molar-refractivity contribution in [3.63, 3.8) is 0 Å². The van der Waals surface area contributed by atoms with Crippen LogP contribution in [0.5, 0.6) is 0 Å². The van der Waals surface area contributed by atoms with Gasteiger partial charge in [-0.3, -0.25) is 4.99 Å². The van der Waals surface area contributed by atoms with Crippen LogP contribution >= 0.6 is 0 Å². The van der Waals surface area contributed by atoms with Gasteiger partial charge < -0.3 is 25.9 Å². The molecule has 4 N–H and O–H groups in total. The van der Waals surface area contributed by atoms with Gasteiger partial charge in [0.05, 0.1) is 31.3 Å². The van der Waals surface area contributed by atoms with E-state index in [2.05, 4.69) is 46.3 Å². The molecule has 0 atom stereocenters. The number of methoxy groups -OCH3 is 2. The first-order valence-electron chi connectivity index (χ1n) is 10.9. The molecule has 0 unspecified atom stereocenters. The molecule has 1 aliphatic carbocycles. The molecule has 0 spiro atoms. The maximum Gasteiger partial charge on any atom is 0.164 e. The molecule has 8 heteroatoms. The quantitative estimate of drug-likeness (QED) is 0.117. The van der Waals surface area contributed by atoms with Crippen molar-refractivity contribution in [2.24, 2.45) is 32.6 Å². The van der Waals surface area contributed by atoms with Crippen molar-refractivity contribution < 1.29 is 9.47 Å². The highest BCUT2D eigenvalue weighted by molar-refractivity contribution is 6.40. The number of amidine groups is 1. The Hall–Kier alpha value is -3.55. The van der Waals surface area contributed by atoms with E-state index >= 15 is 0 Å². The Morgan fingerprint density at radius 2 is 1.94 bits per heavy atom. The van der Waals surface area contributed by atoms with E-state index in [1.807, 2.05) is 18.2 Å². The van der Waals surface area contributed by atoms with Gasteiger partial charge in [-0.2, -0.15) is 5.10 Å². The van der Waals surface area contributed by atoms with Gasteiger partial charge in [-0.25, -0.2) is 4.99 Å². The molecule has 0 amide bonds. The topological polar surface area (TPSA) is 111 Å². The molecule has 0 radical (unpaired) electrons. The fraction of sp³-hybridized carbons (Fsp3) is 0.400. The van der Waals surface area contributed by atoms with Crippen LogP contribution in [-0.4, -0.2) is 39.0 Å². The van der Waals surface area contributed by atoms with Gasteiger partial charge in [-0.05, 0) is 57.5 Å². The lowest BCUT2D eigenvalue weighted by atomic mass is 9.85. The van der Waals surface area contributed by atoms with Crippen molar-refractivity contribution in [1.29, 1.82) is 0 Å². The fourth-order valence-electron chi connectivity index (χ4n) is 3.42. The van der Waals surface area contributed by atoms with E-state index in [1.165, 1.54) is 19.3 Å². The molecule has 1 saturated carbocycles. The summed E-state index contributed by atoms with van der Waals surface area (Å²) in [4.78, 5) is 11.0. The van der Waals surface area contributed by atoms with Crippen molar-refractivity contribution in [3.8, 4) is 0 Å². The molecule has 1 aromatic carbocycles. The van der Waals surface area contributed by atoms with Crippen molar-refractivity contribution in [2.45, 2.75) is 39.5 Å². The first-order chi connectivity index (χ1) is 15.8. The van der Waals surface area contributed by atoms with E-state index in [4.69, 9.17) is 21.1 Å². The van der Waals surface area contributed by atoms with Gasteiger partial charge in [0, 0.05) is 30.4 Å². The Morgan fingerprint density at radius 1 is 1.21 bits per heavy atom. The average Bonchev–Trinajstić information content (AvgIpc) is 2.79. The van der Waals surface area contributed by atoms with Crippen LogP contribution in [0.2, 0.25) is 0 Å². The van der Waals surface area contributed by atoms with Crippen molar-refractivity contribution in [2.75, 3.05) is 25.7 Å². The molecular weight excluding hydrogens is 416 g/mol. The predicted molar refractivity (Wildman–Crippen MR) is 139 cm³/mol. The number of nitrogens with two attached hydrogens (primary N) is 2. The third kappa shape index (κ3) is 7.24. The van der Waals surface area contributed by atoms with Crippen molar-refractivity contribution in [1.82, 2.24) is 0 Å². The highest BCUT2D eigenvalue weighted by Crippen LogP contribution is 2.36. The number of nitrogens with zero attached hydrogens (tertiary/aromatic N) is 4. The van der Waals surface area contributed by atoms with Crippen LogP contribution in [0.4, 0.5) is 17.1 Å². The first-order valence-corrected chi connectivity index (χ1v) is 10.9. The second kappa shape index (κ2) is 12.5. The van der Waals surface area contributed by atoms with Gasteiger partial charge in [0.15, 0.2) is 5.84 Å². The number of ether oxygens (including phenoxy) is 2. The lowest BCUT2D eigenvalue weighted by Crippen LogP contribution is -2.31. The zero-order chi connectivity index (χ0) is 24.4. The smallest absolute Gasteiger partial charge is 0.164 e. The standard InChI is InChI=1S/C25H36N6O2/c1-17(10-12-22(33-6)14-18(2)32-5)31(16-20-8-7-9-20)21-11-13-23(28-4)24(15-21)29-19(3)25(26)30-27/h10-11,13-15,20H,2,4,7-9,12,16,27H2,1,3,5-6H3,(H2,26,30)/b17-10+,22-14+,29-19?. The summed E-state index contributed by atoms with van der Waals surface area (Å²) in [5, 5.41) is 3.52. The van der Waals surface area contributed by atoms with Crippen LogP contribution in [0.3, 0.4) is 0 Å². The monoisotopic (exact) mass is 452 g/mol. The number of hydrazone groups is 1. The maximum atomic E-state index is 5.82. The van der Waals surface area contributed by atoms with E-state index < -0.39 is 0 Å². The maximum absolute atomic E-state index is 5.82. The lowest BCUT2D eigenvalue weighted by Gasteiger charge is -2.34. The van der Waals surface area contributed by atoms with Crippen LogP contribution < -0.4 is 16.5 Å². The third-order valence-corrected chi connectivity index (χ3v) is 5.78. The van der Waals surface area contributed by atoms with Crippen LogP contribution in [0.1, 0.15) is 39.5 Å². The summed E-state index contributed by atoms with van der Waals surface area (Å²) in [6.07, 6.45) is 8.31. The van der Waals surface area contributed by atoms with Gasteiger partial charge in [0.2, 0.25) is 0 Å². The molecular formula is C25H36N6O2. The Labute approximate surface area is 197 Å². The normalized spacial score (nSPS) is 15.6. The molecule has 33 heavy (non-hydrogen) atoms. The number of allylic oxidation sites excluding steroid dienone is 3. The molecule has 2 rings (SSSR count). The molecule has 8 nitrogen and oxygen atoms in total. The van der Waals surface area contributed by atoms with E-state index in [1.54, 1.807) is 27.2 Å². The Balaban J connectivity index is 2.42. The summed E-state index contributed by atoms with van der Waals surface area (Å²) >= 11 is 0. The number of aliphatic imine (C=N–C) groups is 2. The molecule has 1 aliphatic rings. The van der Waals surface area contributed by atoms with Gasteiger partial charge >= 0.3 is 0 Å². The molecule has 0 aliphatic heterocycles. The zero-order valence-electron chi connectivity index (χ0n) is 20.2. The summed E-state index contributed by atoms with van der Waals surface area (Å²) in [5.74, 6) is 7.46.